The minimum atomic E-state index is -0.650. The minimum Gasteiger partial charge on any atom is -0.300 e. The van der Waals surface area contributed by atoms with E-state index in [0.29, 0.717) is 0 Å². The molecule has 2 aromatic heterocycles. The summed E-state index contributed by atoms with van der Waals surface area (Å²) in [6.07, 6.45) is 0. The molecule has 0 aromatic carbocycles. The van der Waals surface area contributed by atoms with Crippen molar-refractivity contribution in [2.45, 2.75) is 0 Å². The fraction of sp³-hybridized carbons (Fsp3) is 0. The molecule has 1 radical (unpaired) electrons. The van der Waals surface area contributed by atoms with Crippen molar-refractivity contribution in [1.29, 1.82) is 0 Å². The molecule has 13 heavy (non-hydrogen) atoms. The molecule has 4 N–H and O–H groups in total. The van der Waals surface area contributed by atoms with Gasteiger partial charge in [0.15, 0.2) is 0 Å². The largest absolute Gasteiger partial charge is 0.327 e. The molecule has 0 unspecified atom stereocenters. The zero-order valence-corrected chi connectivity index (χ0v) is 8.72. The zero-order chi connectivity index (χ0) is 8.72. The number of imidazole rings is 1. The Morgan fingerprint density at radius 2 is 1.31 bits per heavy atom. The summed E-state index contributed by atoms with van der Waals surface area (Å²) >= 11 is 0. The van der Waals surface area contributed by atoms with E-state index in [1.54, 1.807) is 0 Å². The van der Waals surface area contributed by atoms with Crippen molar-refractivity contribution >= 4 is 40.7 Å². The first-order valence-corrected chi connectivity index (χ1v) is 3.11. The van der Waals surface area contributed by atoms with Crippen LogP contribution in [0.15, 0.2) is 14.4 Å². The molecule has 0 spiro atoms. The van der Waals surface area contributed by atoms with Crippen LogP contribution in [0.3, 0.4) is 0 Å². The second-order valence-electron chi connectivity index (χ2n) is 2.24. The molecule has 2 aromatic rings. The van der Waals surface area contributed by atoms with Crippen LogP contribution in [0.1, 0.15) is 0 Å². The van der Waals surface area contributed by atoms with Gasteiger partial charge in [0.05, 0.1) is 0 Å². The molecular weight excluding hydrogens is 187 g/mol. The van der Waals surface area contributed by atoms with Crippen molar-refractivity contribution < 1.29 is 0 Å². The molecule has 0 saturated heterocycles. The molecule has 63 valence electrons. The van der Waals surface area contributed by atoms with Gasteiger partial charge >= 0.3 is 11.4 Å². The van der Waals surface area contributed by atoms with E-state index in [9.17, 15) is 14.4 Å². The van der Waals surface area contributed by atoms with Crippen molar-refractivity contribution in [2.75, 3.05) is 0 Å². The van der Waals surface area contributed by atoms with Crippen molar-refractivity contribution in [3.05, 3.63) is 31.3 Å². The van der Waals surface area contributed by atoms with Crippen molar-refractivity contribution in [3.63, 3.8) is 0 Å². The Morgan fingerprint density at radius 1 is 0.769 bits per heavy atom. The molecular formula is C5H4N4NaO3. The van der Waals surface area contributed by atoms with Gasteiger partial charge in [0, 0.05) is 29.6 Å². The van der Waals surface area contributed by atoms with Gasteiger partial charge in [0.1, 0.15) is 11.2 Å². The van der Waals surface area contributed by atoms with Crippen LogP contribution in [0, 0.1) is 0 Å². The smallest absolute Gasteiger partial charge is 0.300 e. The van der Waals surface area contributed by atoms with Gasteiger partial charge in [-0.3, -0.25) is 24.7 Å². The number of aromatic nitrogens is 4. The van der Waals surface area contributed by atoms with E-state index in [4.69, 9.17) is 0 Å². The third-order valence-electron chi connectivity index (χ3n) is 1.42. The summed E-state index contributed by atoms with van der Waals surface area (Å²) < 4.78 is 0. The number of nitrogens with one attached hydrogen (secondary N) is 4. The van der Waals surface area contributed by atoms with Gasteiger partial charge in [-0.2, -0.15) is 0 Å². The number of fused-ring (bicyclic) bond motifs is 1. The van der Waals surface area contributed by atoms with Crippen LogP contribution in [0.5, 0.6) is 0 Å². The second kappa shape index (κ2) is 3.36. The average molecular weight is 191 g/mol. The fourth-order valence-electron chi connectivity index (χ4n) is 0.958. The van der Waals surface area contributed by atoms with Gasteiger partial charge in [-0.15, -0.1) is 0 Å². The molecule has 0 aliphatic rings. The van der Waals surface area contributed by atoms with Crippen LogP contribution < -0.4 is 16.9 Å². The maximum Gasteiger partial charge on any atom is 0.327 e. The summed E-state index contributed by atoms with van der Waals surface area (Å²) in [6.45, 7) is 0. The Bertz CT molecular complexity index is 588. The summed E-state index contributed by atoms with van der Waals surface area (Å²) in [7, 11) is 0. The fourth-order valence-corrected chi connectivity index (χ4v) is 0.958. The van der Waals surface area contributed by atoms with E-state index in [2.05, 4.69) is 15.0 Å². The van der Waals surface area contributed by atoms with Crippen LogP contribution in [-0.2, 0) is 0 Å². The number of hydrogen-bond acceptors (Lipinski definition) is 3. The molecule has 0 amide bonds. The Hall–Kier alpha value is -1.05. The quantitative estimate of drug-likeness (QED) is 0.356. The van der Waals surface area contributed by atoms with Gasteiger partial charge in [-0.05, 0) is 0 Å². The van der Waals surface area contributed by atoms with E-state index >= 15 is 0 Å². The number of rotatable bonds is 0. The Labute approximate surface area is 91.9 Å². The third-order valence-corrected chi connectivity index (χ3v) is 1.42. The maximum atomic E-state index is 10.9. The van der Waals surface area contributed by atoms with Crippen LogP contribution >= 0.6 is 0 Å². The normalized spacial score (nSPS) is 9.85. The molecule has 0 aliphatic heterocycles. The van der Waals surface area contributed by atoms with Crippen molar-refractivity contribution in [3.8, 4) is 0 Å². The molecule has 0 fully saturated rings. The molecule has 0 atom stereocenters. The maximum absolute atomic E-state index is 10.9. The monoisotopic (exact) mass is 191 g/mol. The summed E-state index contributed by atoms with van der Waals surface area (Å²) in [5.74, 6) is 0. The van der Waals surface area contributed by atoms with Crippen LogP contribution in [0.25, 0.3) is 11.2 Å². The predicted octanol–water partition coefficient (Wildman–Crippen LogP) is -2.15. The van der Waals surface area contributed by atoms with Crippen molar-refractivity contribution in [2.24, 2.45) is 0 Å². The molecule has 0 bridgehead atoms. The Kier molecular flexibility index (Phi) is 2.60. The minimum absolute atomic E-state index is 0. The second-order valence-corrected chi connectivity index (χ2v) is 2.24. The molecule has 7 nitrogen and oxygen atoms in total. The average Bonchev–Trinajstić information content (AvgIpc) is 2.29. The summed E-state index contributed by atoms with van der Waals surface area (Å²) in [6, 6.07) is 0. The van der Waals surface area contributed by atoms with Crippen LogP contribution in [0.4, 0.5) is 0 Å². The molecule has 0 aliphatic carbocycles. The predicted molar refractivity (Wildman–Crippen MR) is 45.9 cm³/mol. The van der Waals surface area contributed by atoms with E-state index < -0.39 is 16.9 Å². The molecule has 2 rings (SSSR count). The van der Waals surface area contributed by atoms with Crippen LogP contribution in [-0.4, -0.2) is 49.5 Å². The number of aromatic amines is 4. The molecule has 0 saturated carbocycles. The zero-order valence-electron chi connectivity index (χ0n) is 6.72. The summed E-state index contributed by atoms with van der Waals surface area (Å²) in [5.41, 5.74) is -1.65. The Balaban J connectivity index is 0.000000845. The first-order valence-electron chi connectivity index (χ1n) is 3.11. The standard InChI is InChI=1S/C5H4N4O3.Na/c10-3-1-2(7-4(11)6-1)8-5(12)9-3;/h(H4,6,7,8,9,10,11,12);. The number of hydrogen-bond donors (Lipinski definition) is 4. The van der Waals surface area contributed by atoms with E-state index in [1.165, 1.54) is 0 Å². The first kappa shape index (κ1) is 10.0. The summed E-state index contributed by atoms with van der Waals surface area (Å²) in [4.78, 5) is 41.0. The van der Waals surface area contributed by atoms with E-state index in [1.807, 2.05) is 4.98 Å². The van der Waals surface area contributed by atoms with Gasteiger partial charge in [0.2, 0.25) is 0 Å². The topological polar surface area (TPSA) is 114 Å². The van der Waals surface area contributed by atoms with Gasteiger partial charge in [0.25, 0.3) is 5.56 Å². The third kappa shape index (κ3) is 1.67. The van der Waals surface area contributed by atoms with Gasteiger partial charge in [-0.1, -0.05) is 0 Å². The van der Waals surface area contributed by atoms with Gasteiger partial charge < -0.3 is 0 Å². The summed E-state index contributed by atoms with van der Waals surface area (Å²) in [5, 5.41) is 0. The molecule has 2 heterocycles. The van der Waals surface area contributed by atoms with E-state index in [-0.39, 0.29) is 40.7 Å². The van der Waals surface area contributed by atoms with Crippen LogP contribution in [0.2, 0.25) is 0 Å². The number of H-pyrrole nitrogens is 4. The first-order chi connectivity index (χ1) is 5.66. The Morgan fingerprint density at radius 3 is 1.92 bits per heavy atom. The molecule has 8 heteroatoms. The SMILES string of the molecule is O=c1[nH]c(=O)c2[nH]c(=O)[nH]c2[nH]1.[Na]. The van der Waals surface area contributed by atoms with E-state index in [0.717, 1.165) is 0 Å². The van der Waals surface area contributed by atoms with Gasteiger partial charge in [-0.25, -0.2) is 9.59 Å². The van der Waals surface area contributed by atoms with Crippen molar-refractivity contribution in [1.82, 2.24) is 19.9 Å².